The maximum Gasteiger partial charge on any atom is 0.416 e. The smallest absolute Gasteiger partial charge is 0.416 e. The minimum Gasteiger partial charge on any atom is -0.493 e. The molecule has 27 heavy (non-hydrogen) atoms. The summed E-state index contributed by atoms with van der Waals surface area (Å²) in [6.07, 6.45) is -3.10. The van der Waals surface area contributed by atoms with E-state index < -0.39 is 11.7 Å². The Hall–Kier alpha value is -2.74. The van der Waals surface area contributed by atoms with E-state index in [1.165, 1.54) is 33.5 Å². The summed E-state index contributed by atoms with van der Waals surface area (Å²) in [6, 6.07) is 7.40. The third kappa shape index (κ3) is 4.16. The molecule has 1 aromatic heterocycles. The number of nitrogens with zero attached hydrogens (tertiary/aromatic N) is 2. The highest BCUT2D eigenvalue weighted by Crippen LogP contribution is 2.36. The number of aryl methyl sites for hydroxylation is 1. The first kappa shape index (κ1) is 20.6. The summed E-state index contributed by atoms with van der Waals surface area (Å²) in [7, 11) is 3.01. The molecular weight excluding hydrogens is 383 g/mol. The van der Waals surface area contributed by atoms with Crippen molar-refractivity contribution in [2.24, 2.45) is 0 Å². The summed E-state index contributed by atoms with van der Waals surface area (Å²) in [4.78, 5) is 8.32. The van der Waals surface area contributed by atoms with Crippen molar-refractivity contribution >= 4 is 34.8 Å². The van der Waals surface area contributed by atoms with Crippen molar-refractivity contribution in [2.45, 2.75) is 13.1 Å². The van der Waals surface area contributed by atoms with Gasteiger partial charge in [-0.25, -0.2) is 9.97 Å². The van der Waals surface area contributed by atoms with Crippen LogP contribution in [0.25, 0.3) is 10.9 Å². The van der Waals surface area contributed by atoms with Crippen LogP contribution in [-0.4, -0.2) is 24.2 Å². The van der Waals surface area contributed by atoms with Gasteiger partial charge in [-0.05, 0) is 30.7 Å². The van der Waals surface area contributed by atoms with Crippen molar-refractivity contribution < 1.29 is 22.6 Å². The minimum atomic E-state index is -4.42. The van der Waals surface area contributed by atoms with E-state index >= 15 is 0 Å². The highest BCUT2D eigenvalue weighted by Gasteiger charge is 2.32. The van der Waals surface area contributed by atoms with E-state index in [0.717, 1.165) is 6.07 Å². The maximum atomic E-state index is 13.1. The molecule has 3 rings (SSSR count). The van der Waals surface area contributed by atoms with Gasteiger partial charge in [0.2, 0.25) is 0 Å². The number of halogens is 4. The van der Waals surface area contributed by atoms with Crippen LogP contribution in [0.15, 0.2) is 36.7 Å². The van der Waals surface area contributed by atoms with E-state index in [1.54, 1.807) is 18.2 Å². The number of aromatic nitrogens is 2. The minimum absolute atomic E-state index is 0. The Morgan fingerprint density at radius 3 is 2.26 bits per heavy atom. The second-order valence-electron chi connectivity index (χ2n) is 5.60. The van der Waals surface area contributed by atoms with Crippen molar-refractivity contribution in [1.82, 2.24) is 9.97 Å². The van der Waals surface area contributed by atoms with E-state index in [0.29, 0.717) is 28.2 Å². The fourth-order valence-corrected chi connectivity index (χ4v) is 2.62. The van der Waals surface area contributed by atoms with Crippen molar-refractivity contribution in [2.75, 3.05) is 19.5 Å². The first-order valence-corrected chi connectivity index (χ1v) is 7.65. The summed E-state index contributed by atoms with van der Waals surface area (Å²) in [6.45, 7) is 1.42. The Bertz CT molecular complexity index is 964. The first-order valence-electron chi connectivity index (χ1n) is 7.65. The maximum absolute atomic E-state index is 13.1. The zero-order valence-corrected chi connectivity index (χ0v) is 15.5. The standard InChI is InChI=1S/C18H16F3N3O2.ClH/c1-10-4-5-11(6-13(10)18(19,20)21)24-17-12-7-15(25-2)16(26-3)8-14(12)22-9-23-17;/h4-9H,1-3H3,(H,22,23,24);1H. The zero-order valence-electron chi connectivity index (χ0n) is 14.7. The van der Waals surface area contributed by atoms with Crippen molar-refractivity contribution in [1.29, 1.82) is 0 Å². The number of nitrogens with one attached hydrogen (secondary N) is 1. The lowest BCUT2D eigenvalue weighted by molar-refractivity contribution is -0.138. The highest BCUT2D eigenvalue weighted by molar-refractivity contribution is 5.93. The lowest BCUT2D eigenvalue weighted by Gasteiger charge is -2.14. The van der Waals surface area contributed by atoms with Gasteiger partial charge >= 0.3 is 6.18 Å². The molecule has 0 aliphatic carbocycles. The molecule has 0 atom stereocenters. The van der Waals surface area contributed by atoms with Gasteiger partial charge in [-0.3, -0.25) is 0 Å². The summed E-state index contributed by atoms with van der Waals surface area (Å²) in [5.41, 5.74) is 0.308. The lowest BCUT2D eigenvalue weighted by atomic mass is 10.1. The summed E-state index contributed by atoms with van der Waals surface area (Å²) >= 11 is 0. The average Bonchev–Trinajstić information content (AvgIpc) is 2.61. The predicted octanol–water partition coefficient (Wildman–Crippen LogP) is 5.14. The second kappa shape index (κ2) is 7.87. The van der Waals surface area contributed by atoms with Gasteiger partial charge in [-0.2, -0.15) is 13.2 Å². The Morgan fingerprint density at radius 2 is 1.63 bits per heavy atom. The molecule has 0 radical (unpaired) electrons. The molecule has 2 aromatic carbocycles. The molecule has 1 N–H and O–H groups in total. The largest absolute Gasteiger partial charge is 0.493 e. The number of hydrogen-bond acceptors (Lipinski definition) is 5. The molecule has 0 aliphatic heterocycles. The van der Waals surface area contributed by atoms with Gasteiger partial charge in [0, 0.05) is 17.1 Å². The van der Waals surface area contributed by atoms with Gasteiger partial charge < -0.3 is 14.8 Å². The predicted molar refractivity (Wildman–Crippen MR) is 99.4 cm³/mol. The van der Waals surface area contributed by atoms with E-state index in [9.17, 15) is 13.2 Å². The van der Waals surface area contributed by atoms with E-state index in [1.807, 2.05) is 0 Å². The van der Waals surface area contributed by atoms with Crippen LogP contribution >= 0.6 is 12.4 Å². The molecule has 3 aromatic rings. The first-order chi connectivity index (χ1) is 12.3. The van der Waals surface area contributed by atoms with Crippen LogP contribution in [0.1, 0.15) is 11.1 Å². The molecule has 0 fully saturated rings. The van der Waals surface area contributed by atoms with E-state index in [2.05, 4.69) is 15.3 Å². The molecule has 0 saturated carbocycles. The molecular formula is C18H17ClF3N3O2. The molecule has 0 aliphatic rings. The van der Waals surface area contributed by atoms with Crippen LogP contribution in [-0.2, 0) is 6.18 Å². The van der Waals surface area contributed by atoms with Gasteiger partial charge in [0.25, 0.3) is 0 Å². The van der Waals surface area contributed by atoms with Gasteiger partial charge in [0.1, 0.15) is 12.1 Å². The molecule has 144 valence electrons. The fourth-order valence-electron chi connectivity index (χ4n) is 2.62. The highest BCUT2D eigenvalue weighted by atomic mass is 35.5. The molecule has 0 unspecified atom stereocenters. The van der Waals surface area contributed by atoms with Crippen LogP contribution in [0.4, 0.5) is 24.7 Å². The van der Waals surface area contributed by atoms with Crippen LogP contribution in [0, 0.1) is 6.92 Å². The van der Waals surface area contributed by atoms with Gasteiger partial charge in [0.05, 0.1) is 25.3 Å². The normalized spacial score (nSPS) is 11.0. The molecule has 0 bridgehead atoms. The van der Waals surface area contributed by atoms with Crippen LogP contribution in [0.3, 0.4) is 0 Å². The molecule has 0 saturated heterocycles. The number of methoxy groups -OCH3 is 2. The number of fused-ring (bicyclic) bond motifs is 1. The Morgan fingerprint density at radius 1 is 0.963 bits per heavy atom. The van der Waals surface area contributed by atoms with E-state index in [4.69, 9.17) is 9.47 Å². The summed E-state index contributed by atoms with van der Waals surface area (Å²) < 4.78 is 49.9. The number of alkyl halides is 3. The van der Waals surface area contributed by atoms with Crippen molar-refractivity contribution in [3.05, 3.63) is 47.8 Å². The Balaban J connectivity index is 0.00000261. The number of benzene rings is 2. The molecule has 0 spiro atoms. The lowest BCUT2D eigenvalue weighted by Crippen LogP contribution is -2.08. The van der Waals surface area contributed by atoms with Crippen molar-refractivity contribution in [3.63, 3.8) is 0 Å². The summed E-state index contributed by atoms with van der Waals surface area (Å²) in [5, 5.41) is 3.52. The third-order valence-corrected chi connectivity index (χ3v) is 3.95. The van der Waals surface area contributed by atoms with Gasteiger partial charge in [0.15, 0.2) is 11.5 Å². The number of hydrogen-bond donors (Lipinski definition) is 1. The fraction of sp³-hybridized carbons (Fsp3) is 0.222. The molecule has 5 nitrogen and oxygen atoms in total. The average molecular weight is 400 g/mol. The monoisotopic (exact) mass is 399 g/mol. The zero-order chi connectivity index (χ0) is 18.9. The van der Waals surface area contributed by atoms with Crippen molar-refractivity contribution in [3.8, 4) is 11.5 Å². The van der Waals surface area contributed by atoms with Gasteiger partial charge in [-0.15, -0.1) is 12.4 Å². The SMILES string of the molecule is COc1cc2ncnc(Nc3ccc(C)c(C(F)(F)F)c3)c2cc1OC.Cl. The number of anilines is 2. The number of rotatable bonds is 4. The quantitative estimate of drug-likeness (QED) is 0.658. The van der Waals surface area contributed by atoms with Crippen LogP contribution in [0.2, 0.25) is 0 Å². The van der Waals surface area contributed by atoms with E-state index in [-0.39, 0.29) is 23.7 Å². The van der Waals surface area contributed by atoms with Crippen LogP contribution < -0.4 is 14.8 Å². The van der Waals surface area contributed by atoms with Crippen LogP contribution in [0.5, 0.6) is 11.5 Å². The summed E-state index contributed by atoms with van der Waals surface area (Å²) in [5.74, 6) is 1.34. The molecule has 0 amide bonds. The second-order valence-corrected chi connectivity index (χ2v) is 5.60. The molecule has 9 heteroatoms. The molecule has 1 heterocycles. The van der Waals surface area contributed by atoms with Gasteiger partial charge in [-0.1, -0.05) is 6.07 Å². The third-order valence-electron chi connectivity index (χ3n) is 3.95. The Kier molecular flexibility index (Phi) is 6.00. The Labute approximate surface area is 159 Å². The topological polar surface area (TPSA) is 56.3 Å². The number of ether oxygens (including phenoxy) is 2.